The Kier molecular flexibility index (Phi) is 4.90. The van der Waals surface area contributed by atoms with Crippen molar-refractivity contribution in [3.63, 3.8) is 0 Å². The van der Waals surface area contributed by atoms with Crippen molar-refractivity contribution in [2.45, 2.75) is 71.8 Å². The molecule has 0 aromatic heterocycles. The van der Waals surface area contributed by atoms with E-state index >= 15 is 0 Å². The third-order valence-corrected chi connectivity index (χ3v) is 5.24. The molecule has 2 aliphatic rings. The maximum absolute atomic E-state index is 3.88. The summed E-state index contributed by atoms with van der Waals surface area (Å²) in [4.78, 5) is 0. The van der Waals surface area contributed by atoms with Gasteiger partial charge >= 0.3 is 0 Å². The van der Waals surface area contributed by atoms with Gasteiger partial charge in [0.15, 0.2) is 0 Å². The standard InChI is InChI=1S/C16H31N/c1-4-6-12(3)16(17-9-5-2)15-11-13-7-8-14(15)10-13/h12-17H,4-11H2,1-3H3. The van der Waals surface area contributed by atoms with Crippen LogP contribution >= 0.6 is 0 Å². The van der Waals surface area contributed by atoms with Gasteiger partial charge in [-0.15, -0.1) is 0 Å². The molecule has 100 valence electrons. The SMILES string of the molecule is CCCNC(C(C)CCC)C1CC2CCC1C2. The first-order chi connectivity index (χ1) is 8.26. The van der Waals surface area contributed by atoms with Crippen LogP contribution in [0.15, 0.2) is 0 Å². The van der Waals surface area contributed by atoms with Crippen molar-refractivity contribution in [3.05, 3.63) is 0 Å². The molecule has 5 atom stereocenters. The maximum atomic E-state index is 3.88. The molecule has 1 heteroatoms. The van der Waals surface area contributed by atoms with Crippen LogP contribution in [-0.2, 0) is 0 Å². The van der Waals surface area contributed by atoms with E-state index in [2.05, 4.69) is 26.1 Å². The Labute approximate surface area is 108 Å². The largest absolute Gasteiger partial charge is 0.313 e. The Balaban J connectivity index is 1.94. The average molecular weight is 237 g/mol. The normalized spacial score (nSPS) is 35.1. The minimum atomic E-state index is 0.810. The highest BCUT2D eigenvalue weighted by Gasteiger charge is 2.43. The molecule has 17 heavy (non-hydrogen) atoms. The van der Waals surface area contributed by atoms with Gasteiger partial charge in [-0.2, -0.15) is 0 Å². The van der Waals surface area contributed by atoms with Crippen LogP contribution in [0.3, 0.4) is 0 Å². The molecule has 1 N–H and O–H groups in total. The highest BCUT2D eigenvalue weighted by Crippen LogP contribution is 2.50. The van der Waals surface area contributed by atoms with E-state index in [0.717, 1.165) is 29.7 Å². The summed E-state index contributed by atoms with van der Waals surface area (Å²) in [6, 6.07) is 0.810. The Morgan fingerprint density at radius 1 is 1.12 bits per heavy atom. The van der Waals surface area contributed by atoms with Crippen molar-refractivity contribution in [2.24, 2.45) is 23.7 Å². The van der Waals surface area contributed by atoms with Crippen molar-refractivity contribution in [1.29, 1.82) is 0 Å². The fourth-order valence-corrected chi connectivity index (χ4v) is 4.45. The monoisotopic (exact) mass is 237 g/mol. The molecular weight excluding hydrogens is 206 g/mol. The lowest BCUT2D eigenvalue weighted by atomic mass is 9.77. The first kappa shape index (κ1) is 13.4. The van der Waals surface area contributed by atoms with Crippen LogP contribution in [0.4, 0.5) is 0 Å². The second-order valence-corrected chi connectivity index (χ2v) is 6.58. The fourth-order valence-electron chi connectivity index (χ4n) is 4.45. The number of nitrogens with one attached hydrogen (secondary N) is 1. The Bertz CT molecular complexity index is 226. The molecule has 0 aromatic rings. The van der Waals surface area contributed by atoms with Crippen LogP contribution in [0.2, 0.25) is 0 Å². The lowest BCUT2D eigenvalue weighted by molar-refractivity contribution is 0.192. The molecule has 0 saturated heterocycles. The number of fused-ring (bicyclic) bond motifs is 2. The van der Waals surface area contributed by atoms with Gasteiger partial charge in [-0.1, -0.05) is 33.6 Å². The second kappa shape index (κ2) is 6.22. The van der Waals surface area contributed by atoms with Crippen molar-refractivity contribution in [3.8, 4) is 0 Å². The van der Waals surface area contributed by atoms with Crippen LogP contribution in [-0.4, -0.2) is 12.6 Å². The molecule has 2 bridgehead atoms. The summed E-state index contributed by atoms with van der Waals surface area (Å²) in [6.07, 6.45) is 10.1. The molecule has 1 nitrogen and oxygen atoms in total. The van der Waals surface area contributed by atoms with E-state index in [-0.39, 0.29) is 0 Å². The lowest BCUT2D eigenvalue weighted by Crippen LogP contribution is -2.43. The van der Waals surface area contributed by atoms with E-state index in [1.807, 2.05) is 0 Å². The summed E-state index contributed by atoms with van der Waals surface area (Å²) >= 11 is 0. The summed E-state index contributed by atoms with van der Waals surface area (Å²) in [6.45, 7) is 8.30. The second-order valence-electron chi connectivity index (χ2n) is 6.58. The molecule has 0 amide bonds. The lowest BCUT2D eigenvalue weighted by Gasteiger charge is -2.35. The topological polar surface area (TPSA) is 12.0 Å². The van der Waals surface area contributed by atoms with Crippen molar-refractivity contribution < 1.29 is 0 Å². The molecule has 0 heterocycles. The van der Waals surface area contributed by atoms with E-state index < -0.39 is 0 Å². The molecule has 0 aliphatic heterocycles. The van der Waals surface area contributed by atoms with Crippen LogP contribution in [0, 0.1) is 23.7 Å². The molecule has 2 rings (SSSR count). The van der Waals surface area contributed by atoms with E-state index in [4.69, 9.17) is 0 Å². The molecule has 0 radical (unpaired) electrons. The maximum Gasteiger partial charge on any atom is 0.0124 e. The highest BCUT2D eigenvalue weighted by molar-refractivity contribution is 4.96. The van der Waals surface area contributed by atoms with Gasteiger partial charge in [0, 0.05) is 6.04 Å². The van der Waals surface area contributed by atoms with E-state index in [1.54, 1.807) is 6.42 Å². The van der Waals surface area contributed by atoms with Crippen molar-refractivity contribution in [2.75, 3.05) is 6.54 Å². The zero-order valence-electron chi connectivity index (χ0n) is 12.0. The molecule has 0 aromatic carbocycles. The van der Waals surface area contributed by atoms with Gasteiger partial charge in [-0.05, 0) is 62.3 Å². The van der Waals surface area contributed by atoms with E-state index in [0.29, 0.717) is 0 Å². The van der Waals surface area contributed by atoms with Crippen molar-refractivity contribution in [1.82, 2.24) is 5.32 Å². The highest BCUT2D eigenvalue weighted by atomic mass is 14.9. The molecule has 2 saturated carbocycles. The molecule has 5 unspecified atom stereocenters. The quantitative estimate of drug-likeness (QED) is 0.699. The minimum Gasteiger partial charge on any atom is -0.313 e. The van der Waals surface area contributed by atoms with Crippen LogP contribution in [0.5, 0.6) is 0 Å². The first-order valence-corrected chi connectivity index (χ1v) is 7.99. The summed E-state index contributed by atoms with van der Waals surface area (Å²) in [5.41, 5.74) is 0. The smallest absolute Gasteiger partial charge is 0.0124 e. The van der Waals surface area contributed by atoms with Gasteiger partial charge in [0.25, 0.3) is 0 Å². The van der Waals surface area contributed by atoms with Gasteiger partial charge in [0.05, 0.1) is 0 Å². The van der Waals surface area contributed by atoms with Crippen LogP contribution in [0.25, 0.3) is 0 Å². The number of hydrogen-bond donors (Lipinski definition) is 1. The summed E-state index contributed by atoms with van der Waals surface area (Å²) < 4.78 is 0. The summed E-state index contributed by atoms with van der Waals surface area (Å²) in [5.74, 6) is 4.02. The van der Waals surface area contributed by atoms with Gasteiger partial charge in [0.1, 0.15) is 0 Å². The van der Waals surface area contributed by atoms with Gasteiger partial charge in [0.2, 0.25) is 0 Å². The predicted octanol–water partition coefficient (Wildman–Crippen LogP) is 4.23. The third kappa shape index (κ3) is 3.05. The van der Waals surface area contributed by atoms with Gasteiger partial charge < -0.3 is 5.32 Å². The van der Waals surface area contributed by atoms with Gasteiger partial charge in [-0.3, -0.25) is 0 Å². The minimum absolute atomic E-state index is 0.810. The zero-order valence-corrected chi connectivity index (χ0v) is 12.0. The average Bonchev–Trinajstić information content (AvgIpc) is 2.92. The van der Waals surface area contributed by atoms with Crippen LogP contribution < -0.4 is 5.32 Å². The van der Waals surface area contributed by atoms with E-state index in [9.17, 15) is 0 Å². The predicted molar refractivity (Wildman–Crippen MR) is 75.1 cm³/mol. The number of hydrogen-bond acceptors (Lipinski definition) is 1. The van der Waals surface area contributed by atoms with Gasteiger partial charge in [-0.25, -0.2) is 0 Å². The molecular formula is C16H31N. The molecule has 0 spiro atoms. The van der Waals surface area contributed by atoms with Crippen LogP contribution in [0.1, 0.15) is 65.7 Å². The van der Waals surface area contributed by atoms with E-state index in [1.165, 1.54) is 45.1 Å². The van der Waals surface area contributed by atoms with Crippen molar-refractivity contribution >= 4 is 0 Å². The molecule has 2 aliphatic carbocycles. The Morgan fingerprint density at radius 2 is 1.94 bits per heavy atom. The zero-order chi connectivity index (χ0) is 12.3. The Morgan fingerprint density at radius 3 is 2.47 bits per heavy atom. The number of rotatable bonds is 7. The molecule has 2 fully saturated rings. The Hall–Kier alpha value is -0.0400. The first-order valence-electron chi connectivity index (χ1n) is 7.99. The fraction of sp³-hybridized carbons (Fsp3) is 1.00. The summed E-state index contributed by atoms with van der Waals surface area (Å²) in [5, 5.41) is 3.88. The summed E-state index contributed by atoms with van der Waals surface area (Å²) in [7, 11) is 0. The third-order valence-electron chi connectivity index (χ3n) is 5.24.